The van der Waals surface area contributed by atoms with Gasteiger partial charge in [-0.1, -0.05) is 40.0 Å². The molecule has 0 aliphatic rings. The number of carbonyl (C=O) groups is 1. The van der Waals surface area contributed by atoms with E-state index < -0.39 is 5.82 Å². The van der Waals surface area contributed by atoms with Crippen LogP contribution in [0.3, 0.4) is 0 Å². The summed E-state index contributed by atoms with van der Waals surface area (Å²) in [5.74, 6) is -0.528. The Labute approximate surface area is 127 Å². The number of unbranched alkanes of at least 4 members (excludes halogenated alkanes) is 2. The number of likely N-dealkylation sites (N-methyl/N-ethyl adjacent to an activating group) is 1. The molecule has 1 aromatic rings. The number of amides is 1. The van der Waals surface area contributed by atoms with Crippen LogP contribution in [-0.2, 0) is 11.2 Å². The predicted molar refractivity (Wildman–Crippen MR) is 80.4 cm³/mol. The standard InChI is InChI=1S/C14H18BrClFNO/c1-18(9-4-2-3-8-15)14(19)10-11-12(16)6-5-7-13(11)17/h5-7H,2-4,8-10H2,1H3. The zero-order chi connectivity index (χ0) is 14.3. The Kier molecular flexibility index (Phi) is 7.39. The maximum Gasteiger partial charge on any atom is 0.226 e. The molecule has 0 atom stereocenters. The Hall–Kier alpha value is -0.610. The summed E-state index contributed by atoms with van der Waals surface area (Å²) in [7, 11) is 1.74. The summed E-state index contributed by atoms with van der Waals surface area (Å²) in [4.78, 5) is 13.6. The molecule has 0 saturated heterocycles. The first-order chi connectivity index (χ1) is 9.06. The predicted octanol–water partition coefficient (Wildman–Crippen LogP) is 4.05. The van der Waals surface area contributed by atoms with E-state index >= 15 is 0 Å². The van der Waals surface area contributed by atoms with Crippen LogP contribution in [0.15, 0.2) is 18.2 Å². The van der Waals surface area contributed by atoms with Gasteiger partial charge in [0.2, 0.25) is 5.91 Å². The quantitative estimate of drug-likeness (QED) is 0.537. The fraction of sp³-hybridized carbons (Fsp3) is 0.500. The van der Waals surface area contributed by atoms with Gasteiger partial charge in [-0.2, -0.15) is 0 Å². The average molecular weight is 351 g/mol. The van der Waals surface area contributed by atoms with Gasteiger partial charge in [0.15, 0.2) is 0 Å². The zero-order valence-electron chi connectivity index (χ0n) is 11.0. The van der Waals surface area contributed by atoms with Crippen molar-refractivity contribution >= 4 is 33.4 Å². The van der Waals surface area contributed by atoms with Crippen molar-refractivity contribution in [2.75, 3.05) is 18.9 Å². The lowest BCUT2D eigenvalue weighted by atomic mass is 10.1. The third-order valence-electron chi connectivity index (χ3n) is 2.94. The summed E-state index contributed by atoms with van der Waals surface area (Å²) in [6, 6.07) is 4.46. The van der Waals surface area contributed by atoms with E-state index in [9.17, 15) is 9.18 Å². The molecule has 0 N–H and O–H groups in total. The van der Waals surface area contributed by atoms with Crippen molar-refractivity contribution in [2.45, 2.75) is 25.7 Å². The molecule has 0 aliphatic carbocycles. The van der Waals surface area contributed by atoms with Gasteiger partial charge in [-0.25, -0.2) is 4.39 Å². The van der Waals surface area contributed by atoms with Gasteiger partial charge in [0.1, 0.15) is 5.82 Å². The number of benzene rings is 1. The fourth-order valence-electron chi connectivity index (χ4n) is 1.73. The van der Waals surface area contributed by atoms with Crippen molar-refractivity contribution in [2.24, 2.45) is 0 Å². The monoisotopic (exact) mass is 349 g/mol. The molecular formula is C14H18BrClFNO. The van der Waals surface area contributed by atoms with Crippen molar-refractivity contribution < 1.29 is 9.18 Å². The van der Waals surface area contributed by atoms with Gasteiger partial charge in [-0.3, -0.25) is 4.79 Å². The van der Waals surface area contributed by atoms with Crippen molar-refractivity contribution in [3.05, 3.63) is 34.6 Å². The van der Waals surface area contributed by atoms with E-state index in [1.807, 2.05) is 0 Å². The van der Waals surface area contributed by atoms with Crippen molar-refractivity contribution in [1.29, 1.82) is 0 Å². The van der Waals surface area contributed by atoms with Crippen LogP contribution in [0.4, 0.5) is 4.39 Å². The molecule has 0 bridgehead atoms. The van der Waals surface area contributed by atoms with Gasteiger partial charge in [0.25, 0.3) is 0 Å². The minimum atomic E-state index is -0.423. The Morgan fingerprint density at radius 2 is 2.11 bits per heavy atom. The van der Waals surface area contributed by atoms with Crippen LogP contribution in [0.2, 0.25) is 5.02 Å². The number of rotatable bonds is 7. The Morgan fingerprint density at radius 3 is 2.74 bits per heavy atom. The topological polar surface area (TPSA) is 20.3 Å². The second-order valence-corrected chi connectivity index (χ2v) is 5.64. The van der Waals surface area contributed by atoms with Gasteiger partial charge >= 0.3 is 0 Å². The van der Waals surface area contributed by atoms with Crippen LogP contribution < -0.4 is 0 Å². The summed E-state index contributed by atoms with van der Waals surface area (Å²) >= 11 is 9.28. The number of hydrogen-bond donors (Lipinski definition) is 0. The number of halogens is 3. The maximum atomic E-state index is 13.6. The first kappa shape index (κ1) is 16.4. The second kappa shape index (κ2) is 8.54. The smallest absolute Gasteiger partial charge is 0.226 e. The molecule has 0 aliphatic heterocycles. The SMILES string of the molecule is CN(CCCCCBr)C(=O)Cc1c(F)cccc1Cl. The van der Waals surface area contributed by atoms with E-state index in [0.29, 0.717) is 11.6 Å². The van der Waals surface area contributed by atoms with Gasteiger partial charge in [0, 0.05) is 29.5 Å². The highest BCUT2D eigenvalue weighted by Gasteiger charge is 2.14. The van der Waals surface area contributed by atoms with Crippen molar-refractivity contribution in [1.82, 2.24) is 4.90 Å². The lowest BCUT2D eigenvalue weighted by Crippen LogP contribution is -2.29. The summed E-state index contributed by atoms with van der Waals surface area (Å²) in [6.45, 7) is 0.692. The number of carbonyl (C=O) groups excluding carboxylic acids is 1. The van der Waals surface area contributed by atoms with E-state index in [4.69, 9.17) is 11.6 Å². The van der Waals surface area contributed by atoms with Crippen LogP contribution in [0, 0.1) is 5.82 Å². The number of hydrogen-bond acceptors (Lipinski definition) is 1. The van der Waals surface area contributed by atoms with E-state index in [1.165, 1.54) is 12.1 Å². The lowest BCUT2D eigenvalue weighted by molar-refractivity contribution is -0.129. The van der Waals surface area contributed by atoms with Gasteiger partial charge in [0.05, 0.1) is 6.42 Å². The second-order valence-electron chi connectivity index (χ2n) is 4.44. The Balaban J connectivity index is 2.50. The van der Waals surface area contributed by atoms with Crippen molar-refractivity contribution in [3.8, 4) is 0 Å². The molecule has 1 amide bonds. The first-order valence-corrected chi connectivity index (χ1v) is 7.79. The highest BCUT2D eigenvalue weighted by molar-refractivity contribution is 9.09. The Morgan fingerprint density at radius 1 is 1.37 bits per heavy atom. The zero-order valence-corrected chi connectivity index (χ0v) is 13.3. The normalized spacial score (nSPS) is 10.5. The van der Waals surface area contributed by atoms with E-state index in [2.05, 4.69) is 15.9 Å². The van der Waals surface area contributed by atoms with Crippen LogP contribution in [-0.4, -0.2) is 29.7 Å². The number of alkyl halides is 1. The van der Waals surface area contributed by atoms with Gasteiger partial charge < -0.3 is 4.90 Å². The van der Waals surface area contributed by atoms with Gasteiger partial charge in [-0.05, 0) is 25.0 Å². The Bertz CT molecular complexity index is 408. The van der Waals surface area contributed by atoms with Crippen LogP contribution in [0.25, 0.3) is 0 Å². The molecule has 0 saturated carbocycles. The maximum absolute atomic E-state index is 13.6. The fourth-order valence-corrected chi connectivity index (χ4v) is 2.36. The lowest BCUT2D eigenvalue weighted by Gasteiger charge is -2.17. The minimum Gasteiger partial charge on any atom is -0.345 e. The van der Waals surface area contributed by atoms with E-state index in [1.54, 1.807) is 18.0 Å². The molecule has 1 rings (SSSR count). The molecule has 106 valence electrons. The third-order valence-corrected chi connectivity index (χ3v) is 3.86. The third kappa shape index (κ3) is 5.49. The molecule has 0 fully saturated rings. The average Bonchev–Trinajstić information content (AvgIpc) is 2.38. The van der Waals surface area contributed by atoms with Crippen LogP contribution in [0.5, 0.6) is 0 Å². The first-order valence-electron chi connectivity index (χ1n) is 6.29. The summed E-state index contributed by atoms with van der Waals surface area (Å²) in [5.41, 5.74) is 0.279. The van der Waals surface area contributed by atoms with E-state index in [0.717, 1.165) is 24.6 Å². The molecule has 0 spiro atoms. The molecular weight excluding hydrogens is 333 g/mol. The highest BCUT2D eigenvalue weighted by atomic mass is 79.9. The molecule has 1 aromatic carbocycles. The highest BCUT2D eigenvalue weighted by Crippen LogP contribution is 2.20. The molecule has 0 aromatic heterocycles. The van der Waals surface area contributed by atoms with Crippen LogP contribution >= 0.6 is 27.5 Å². The van der Waals surface area contributed by atoms with Crippen molar-refractivity contribution in [3.63, 3.8) is 0 Å². The molecule has 2 nitrogen and oxygen atoms in total. The van der Waals surface area contributed by atoms with Gasteiger partial charge in [-0.15, -0.1) is 0 Å². The largest absolute Gasteiger partial charge is 0.345 e. The minimum absolute atomic E-state index is 0.0143. The summed E-state index contributed by atoms with van der Waals surface area (Å²) in [6.07, 6.45) is 3.14. The summed E-state index contributed by atoms with van der Waals surface area (Å²) in [5, 5.41) is 1.29. The molecule has 0 heterocycles. The molecule has 0 radical (unpaired) electrons. The molecule has 0 unspecified atom stereocenters. The molecule has 5 heteroatoms. The number of nitrogens with zero attached hydrogens (tertiary/aromatic N) is 1. The molecule has 19 heavy (non-hydrogen) atoms. The van der Waals surface area contributed by atoms with Crippen LogP contribution in [0.1, 0.15) is 24.8 Å². The van der Waals surface area contributed by atoms with E-state index in [-0.39, 0.29) is 17.9 Å². The summed E-state index contributed by atoms with van der Waals surface area (Å²) < 4.78 is 13.6.